The molecule has 0 amide bonds. The Morgan fingerprint density at radius 1 is 0.912 bits per heavy atom. The first-order chi connectivity index (χ1) is 16.1. The van der Waals surface area contributed by atoms with Gasteiger partial charge in [0.05, 0.1) is 15.5 Å². The van der Waals surface area contributed by atoms with Gasteiger partial charge < -0.3 is 5.73 Å². The second-order valence-corrected chi connectivity index (χ2v) is 8.03. The molecule has 14 heteroatoms. The number of hydrogen-bond acceptors (Lipinski definition) is 8. The number of rotatable bonds is 5. The molecule has 1 aromatic heterocycles. The molecule has 0 radical (unpaired) electrons. The average molecular weight is 477 g/mol. The third kappa shape index (κ3) is 4.94. The fourth-order valence-electron chi connectivity index (χ4n) is 3.54. The van der Waals surface area contributed by atoms with E-state index in [0.29, 0.717) is 21.9 Å². The molecule has 2 saturated carbocycles. The van der Waals surface area contributed by atoms with Gasteiger partial charge in [0, 0.05) is 30.0 Å². The molecule has 5 rings (SSSR count). The van der Waals surface area contributed by atoms with Crippen molar-refractivity contribution >= 4 is 17.1 Å². The Kier molecular flexibility index (Phi) is 5.89. The van der Waals surface area contributed by atoms with Gasteiger partial charge in [0.15, 0.2) is 0 Å². The first-order valence-electron chi connectivity index (χ1n) is 10.2. The van der Waals surface area contributed by atoms with Gasteiger partial charge in [-0.3, -0.25) is 20.2 Å². The largest absolute Gasteiger partial charge is 0.453 e. The summed E-state index contributed by atoms with van der Waals surface area (Å²) >= 11 is 0. The molecule has 11 nitrogen and oxygen atoms in total. The number of benzene rings is 2. The van der Waals surface area contributed by atoms with Gasteiger partial charge in [0.1, 0.15) is 0 Å². The predicted molar refractivity (Wildman–Crippen MR) is 112 cm³/mol. The van der Waals surface area contributed by atoms with Crippen LogP contribution in [0.1, 0.15) is 54.5 Å². The molecular weight excluding hydrogens is 459 g/mol. The second kappa shape index (κ2) is 8.68. The number of aromatic nitrogens is 4. The van der Waals surface area contributed by atoms with Gasteiger partial charge in [-0.1, -0.05) is 0 Å². The number of alkyl halides is 3. The summed E-state index contributed by atoms with van der Waals surface area (Å²) < 4.78 is 39.1. The number of nitro benzene ring substituents is 2. The van der Waals surface area contributed by atoms with Crippen LogP contribution in [-0.2, 0) is 6.18 Å². The van der Waals surface area contributed by atoms with Gasteiger partial charge in [0.25, 0.3) is 17.2 Å². The summed E-state index contributed by atoms with van der Waals surface area (Å²) in [7, 11) is 0. The zero-order valence-electron chi connectivity index (χ0n) is 17.5. The smallest absolute Gasteiger partial charge is 0.398 e. The minimum Gasteiger partial charge on any atom is -0.398 e. The Morgan fingerprint density at radius 3 is 1.94 bits per heavy atom. The Labute approximate surface area is 189 Å². The number of nitrogens with zero attached hydrogens (tertiary/aromatic N) is 6. The minimum absolute atomic E-state index is 0.00373. The van der Waals surface area contributed by atoms with E-state index in [0.717, 1.165) is 37.3 Å². The highest BCUT2D eigenvalue weighted by atomic mass is 19.4. The predicted octanol–water partition coefficient (Wildman–Crippen LogP) is 4.52. The summed E-state index contributed by atoms with van der Waals surface area (Å²) in [6.07, 6.45) is -0.776. The van der Waals surface area contributed by atoms with Crippen molar-refractivity contribution in [3.8, 4) is 5.69 Å². The Balaban J connectivity index is 0.000000180. The van der Waals surface area contributed by atoms with Crippen LogP contribution in [0.4, 0.5) is 30.2 Å². The molecule has 0 unspecified atom stereocenters. The van der Waals surface area contributed by atoms with Crippen LogP contribution in [0.2, 0.25) is 0 Å². The van der Waals surface area contributed by atoms with E-state index in [9.17, 15) is 33.4 Å². The SMILES string of the molecule is Nc1cc([N+](=O)[O-])ccc1C1CC1.O=[N+]([O-])c1ccc(C2CC2)c(-n2nnnc2C(F)(F)F)c1. The topological polar surface area (TPSA) is 156 Å². The highest BCUT2D eigenvalue weighted by Crippen LogP contribution is 2.44. The van der Waals surface area contributed by atoms with Crippen molar-refractivity contribution < 1.29 is 23.0 Å². The lowest BCUT2D eigenvalue weighted by atomic mass is 10.1. The van der Waals surface area contributed by atoms with Gasteiger partial charge >= 0.3 is 6.18 Å². The number of non-ortho nitro benzene ring substituents is 2. The van der Waals surface area contributed by atoms with Crippen LogP contribution in [0.3, 0.4) is 0 Å². The lowest BCUT2D eigenvalue weighted by Crippen LogP contribution is -2.16. The first-order valence-corrected chi connectivity index (χ1v) is 10.2. The van der Waals surface area contributed by atoms with Crippen LogP contribution in [-0.4, -0.2) is 30.1 Å². The van der Waals surface area contributed by atoms with Crippen LogP contribution in [0.25, 0.3) is 5.69 Å². The number of halogens is 3. The molecule has 2 aromatic carbocycles. The summed E-state index contributed by atoms with van der Waals surface area (Å²) in [6, 6.07) is 8.53. The van der Waals surface area contributed by atoms with Crippen molar-refractivity contribution in [1.29, 1.82) is 0 Å². The van der Waals surface area contributed by atoms with Crippen LogP contribution >= 0.6 is 0 Å². The van der Waals surface area contributed by atoms with Crippen LogP contribution in [0.15, 0.2) is 36.4 Å². The maximum atomic E-state index is 12.9. The summed E-state index contributed by atoms with van der Waals surface area (Å²) in [5.74, 6) is -0.670. The van der Waals surface area contributed by atoms with E-state index in [2.05, 4.69) is 15.5 Å². The molecule has 178 valence electrons. The maximum absolute atomic E-state index is 12.9. The fourth-order valence-corrected chi connectivity index (χ4v) is 3.54. The Hall–Kier alpha value is -4.10. The molecule has 0 saturated heterocycles. The zero-order valence-corrected chi connectivity index (χ0v) is 17.5. The Bertz CT molecular complexity index is 1250. The van der Waals surface area contributed by atoms with E-state index in [1.165, 1.54) is 24.3 Å². The Morgan fingerprint density at radius 2 is 1.44 bits per heavy atom. The molecule has 0 atom stereocenters. The van der Waals surface area contributed by atoms with Gasteiger partial charge in [-0.15, -0.1) is 5.10 Å². The van der Waals surface area contributed by atoms with Crippen molar-refractivity contribution in [2.24, 2.45) is 0 Å². The third-order valence-corrected chi connectivity index (χ3v) is 5.49. The third-order valence-electron chi connectivity index (χ3n) is 5.49. The summed E-state index contributed by atoms with van der Waals surface area (Å²) in [4.78, 5) is 20.1. The lowest BCUT2D eigenvalue weighted by Gasteiger charge is -2.11. The number of hydrogen-bond donors (Lipinski definition) is 1. The monoisotopic (exact) mass is 477 g/mol. The standard InChI is InChI=1S/C11H8F3N5O2.C9H10N2O2/c12-11(13,14)10-15-16-17-18(10)9-5-7(19(20)21)3-4-8(9)6-1-2-6;10-9-5-7(11(12)13)3-4-8(9)6-1-2-6/h3-6H,1-2H2;3-6H,1-2,10H2. The van der Waals surface area contributed by atoms with E-state index in [1.807, 2.05) is 0 Å². The van der Waals surface area contributed by atoms with Crippen molar-refractivity contribution in [1.82, 2.24) is 20.2 Å². The molecule has 0 aliphatic heterocycles. The van der Waals surface area contributed by atoms with Crippen LogP contribution in [0.5, 0.6) is 0 Å². The van der Waals surface area contributed by atoms with E-state index >= 15 is 0 Å². The molecule has 0 spiro atoms. The zero-order chi connectivity index (χ0) is 24.6. The average Bonchev–Trinajstić information content (AvgIpc) is 3.71. The number of nitro groups is 2. The molecular formula is C20H18F3N7O4. The highest BCUT2D eigenvalue weighted by Gasteiger charge is 2.40. The van der Waals surface area contributed by atoms with E-state index < -0.39 is 21.8 Å². The summed E-state index contributed by atoms with van der Waals surface area (Å²) in [5.41, 5.74) is 7.66. The van der Waals surface area contributed by atoms with E-state index in [4.69, 9.17) is 5.73 Å². The molecule has 2 N–H and O–H groups in total. The number of nitrogen functional groups attached to an aromatic ring is 1. The number of nitrogens with two attached hydrogens (primary N) is 1. The number of tetrazole rings is 1. The van der Waals surface area contributed by atoms with Crippen molar-refractivity contribution in [2.75, 3.05) is 5.73 Å². The molecule has 1 heterocycles. The van der Waals surface area contributed by atoms with Crippen molar-refractivity contribution in [2.45, 2.75) is 43.7 Å². The normalized spacial score (nSPS) is 15.4. The maximum Gasteiger partial charge on any atom is 0.453 e. The minimum atomic E-state index is -4.74. The lowest BCUT2D eigenvalue weighted by molar-refractivity contribution is -0.385. The van der Waals surface area contributed by atoms with Gasteiger partial charge in [0.2, 0.25) is 0 Å². The second-order valence-electron chi connectivity index (χ2n) is 8.03. The molecule has 2 aliphatic carbocycles. The van der Waals surface area contributed by atoms with Crippen LogP contribution in [0, 0.1) is 20.2 Å². The summed E-state index contributed by atoms with van der Waals surface area (Å²) in [6.45, 7) is 0. The summed E-state index contributed by atoms with van der Waals surface area (Å²) in [5, 5.41) is 30.6. The van der Waals surface area contributed by atoms with E-state index in [1.54, 1.807) is 6.07 Å². The van der Waals surface area contributed by atoms with Crippen molar-refractivity contribution in [3.05, 3.63) is 73.6 Å². The van der Waals surface area contributed by atoms with Crippen LogP contribution < -0.4 is 5.73 Å². The van der Waals surface area contributed by atoms with Gasteiger partial charge in [-0.05, 0) is 71.2 Å². The first kappa shape index (κ1) is 23.1. The molecule has 2 aliphatic rings. The quantitative estimate of drug-likeness (QED) is 0.319. The van der Waals surface area contributed by atoms with Crippen molar-refractivity contribution in [3.63, 3.8) is 0 Å². The highest BCUT2D eigenvalue weighted by molar-refractivity contribution is 5.56. The van der Waals surface area contributed by atoms with Gasteiger partial charge in [-0.25, -0.2) is 0 Å². The molecule has 2 fully saturated rings. The molecule has 3 aromatic rings. The molecule has 0 bridgehead atoms. The number of anilines is 1. The van der Waals surface area contributed by atoms with Gasteiger partial charge in [-0.2, -0.15) is 17.9 Å². The van der Waals surface area contributed by atoms with E-state index in [-0.39, 0.29) is 23.0 Å². The fraction of sp³-hybridized carbons (Fsp3) is 0.350. The molecule has 34 heavy (non-hydrogen) atoms.